The Balaban J connectivity index is 1.24. The highest BCUT2D eigenvalue weighted by Gasteiger charge is 2.51. The van der Waals surface area contributed by atoms with Crippen LogP contribution in [0.1, 0.15) is 64.1 Å². The van der Waals surface area contributed by atoms with Crippen molar-refractivity contribution in [1.29, 1.82) is 5.26 Å². The highest BCUT2D eigenvalue weighted by atomic mass is 79.9. The average Bonchev–Trinajstić information content (AvgIpc) is 3.27. The highest BCUT2D eigenvalue weighted by molar-refractivity contribution is 9.10. The van der Waals surface area contributed by atoms with E-state index < -0.39 is 0 Å². The number of nitrogens with one attached hydrogen (secondary N) is 1. The zero-order chi connectivity index (χ0) is 20.9. The number of anilines is 1. The van der Waals surface area contributed by atoms with Crippen molar-refractivity contribution in [3.63, 3.8) is 0 Å². The number of aliphatic hydroxyl groups is 1. The van der Waals surface area contributed by atoms with E-state index in [2.05, 4.69) is 38.1 Å². The summed E-state index contributed by atoms with van der Waals surface area (Å²) in [6, 6.07) is 5.53. The largest absolute Gasteiger partial charge is 0.444 e. The van der Waals surface area contributed by atoms with Crippen molar-refractivity contribution in [3.8, 4) is 6.07 Å². The number of piperidine rings is 1. The van der Waals surface area contributed by atoms with Crippen LogP contribution in [0.2, 0.25) is 0 Å². The Bertz CT molecular complexity index is 977. The second-order valence-electron chi connectivity index (χ2n) is 9.66. The maximum absolute atomic E-state index is 9.69. The minimum Gasteiger partial charge on any atom is -0.444 e. The summed E-state index contributed by atoms with van der Waals surface area (Å²) in [5.74, 6) is 1.62. The number of hydrogen-bond donors (Lipinski definition) is 2. The van der Waals surface area contributed by atoms with E-state index in [1.807, 2.05) is 6.07 Å². The molecule has 1 aliphatic carbocycles. The normalized spacial score (nSPS) is 34.2. The maximum atomic E-state index is 9.69. The zero-order valence-corrected chi connectivity index (χ0v) is 19.0. The fourth-order valence-electron chi connectivity index (χ4n) is 6.42. The van der Waals surface area contributed by atoms with Crippen LogP contribution >= 0.6 is 15.9 Å². The Morgan fingerprint density at radius 1 is 1.33 bits per heavy atom. The number of aliphatic hydroxyl groups excluding tert-OH is 1. The van der Waals surface area contributed by atoms with Crippen LogP contribution in [0, 0.1) is 17.2 Å². The molecule has 1 unspecified atom stereocenters. The molecule has 2 N–H and O–H groups in total. The highest BCUT2D eigenvalue weighted by Crippen LogP contribution is 2.49. The van der Waals surface area contributed by atoms with E-state index in [1.54, 1.807) is 12.3 Å². The molecule has 2 saturated heterocycles. The lowest BCUT2D eigenvalue weighted by atomic mass is 9.79. The Morgan fingerprint density at radius 3 is 2.83 bits per heavy atom. The van der Waals surface area contributed by atoms with E-state index in [9.17, 15) is 5.11 Å². The average molecular weight is 473 g/mol. The molecule has 30 heavy (non-hydrogen) atoms. The molecule has 2 aromatic rings. The fraction of sp³-hybridized carbons (Fsp3) is 0.652. The molecule has 3 aliphatic rings. The molecule has 4 heterocycles. The molecule has 160 valence electrons. The Kier molecular flexibility index (Phi) is 5.29. The second kappa shape index (κ2) is 7.81. The molecule has 0 amide bonds. The summed E-state index contributed by atoms with van der Waals surface area (Å²) in [6.07, 6.45) is 11.2. The predicted molar refractivity (Wildman–Crippen MR) is 119 cm³/mol. The van der Waals surface area contributed by atoms with E-state index in [4.69, 9.17) is 9.68 Å². The quantitative estimate of drug-likeness (QED) is 0.663. The summed E-state index contributed by atoms with van der Waals surface area (Å²) in [4.78, 5) is 7.36. The van der Waals surface area contributed by atoms with Crippen LogP contribution in [0.15, 0.2) is 21.2 Å². The molecule has 5 rings (SSSR count). The lowest BCUT2D eigenvalue weighted by Crippen LogP contribution is -2.57. The SMILES string of the molecule is CC12CC[C@@H](C[C@H](CO)C1)N2C1CCC(Nc2ncc3oc(C#N)cc3c2Br)CC1. The van der Waals surface area contributed by atoms with Gasteiger partial charge in [0.2, 0.25) is 5.76 Å². The summed E-state index contributed by atoms with van der Waals surface area (Å²) in [5, 5.41) is 23.3. The zero-order valence-electron chi connectivity index (χ0n) is 17.4. The van der Waals surface area contributed by atoms with Crippen molar-refractivity contribution in [3.05, 3.63) is 22.5 Å². The van der Waals surface area contributed by atoms with Gasteiger partial charge in [-0.2, -0.15) is 5.26 Å². The van der Waals surface area contributed by atoms with Crippen LogP contribution in [0.5, 0.6) is 0 Å². The van der Waals surface area contributed by atoms with Gasteiger partial charge in [0.25, 0.3) is 0 Å². The van der Waals surface area contributed by atoms with Gasteiger partial charge in [0.05, 0.1) is 10.7 Å². The number of hydrogen-bond acceptors (Lipinski definition) is 6. The molecule has 0 radical (unpaired) electrons. The number of nitriles is 1. The monoisotopic (exact) mass is 472 g/mol. The van der Waals surface area contributed by atoms with Crippen LogP contribution < -0.4 is 5.32 Å². The first-order chi connectivity index (χ1) is 14.5. The smallest absolute Gasteiger partial charge is 0.204 e. The topological polar surface area (TPSA) is 85.3 Å². The third-order valence-corrected chi connectivity index (χ3v) is 8.48. The number of furan rings is 1. The van der Waals surface area contributed by atoms with Crippen molar-refractivity contribution in [1.82, 2.24) is 9.88 Å². The van der Waals surface area contributed by atoms with Gasteiger partial charge in [-0.3, -0.25) is 4.90 Å². The molecule has 2 bridgehead atoms. The predicted octanol–water partition coefficient (Wildman–Crippen LogP) is 4.81. The Hall–Kier alpha value is -1.62. The molecule has 2 aromatic heterocycles. The Morgan fingerprint density at radius 2 is 2.13 bits per heavy atom. The maximum Gasteiger partial charge on any atom is 0.204 e. The van der Waals surface area contributed by atoms with Crippen molar-refractivity contribution in [2.75, 3.05) is 11.9 Å². The molecule has 1 saturated carbocycles. The first-order valence-corrected chi connectivity index (χ1v) is 11.9. The minimum absolute atomic E-state index is 0.274. The summed E-state index contributed by atoms with van der Waals surface area (Å²) in [5.41, 5.74) is 0.902. The van der Waals surface area contributed by atoms with E-state index >= 15 is 0 Å². The van der Waals surface area contributed by atoms with Crippen molar-refractivity contribution < 1.29 is 9.52 Å². The van der Waals surface area contributed by atoms with Gasteiger partial charge < -0.3 is 14.8 Å². The Labute approximate surface area is 185 Å². The summed E-state index contributed by atoms with van der Waals surface area (Å²) in [6.45, 7) is 2.77. The van der Waals surface area contributed by atoms with Gasteiger partial charge in [-0.05, 0) is 80.1 Å². The van der Waals surface area contributed by atoms with Crippen LogP contribution in [0.25, 0.3) is 11.0 Å². The standard InChI is InChI=1S/C23H29BrN4O2/c1-23-7-6-17(8-14(10-23)13-29)28(23)16-4-2-15(3-5-16)27-22-21(24)19-9-18(11-25)30-20(19)12-26-22/h9,12,14-17,29H,2-8,10,13H2,1H3,(H,26,27)/t14-,15?,16?,17-,23?/m0/s1. The van der Waals surface area contributed by atoms with Gasteiger partial charge in [0, 0.05) is 41.7 Å². The van der Waals surface area contributed by atoms with E-state index in [0.29, 0.717) is 42.0 Å². The van der Waals surface area contributed by atoms with Gasteiger partial charge >= 0.3 is 0 Å². The molecule has 3 fully saturated rings. The van der Waals surface area contributed by atoms with Gasteiger partial charge in [0.1, 0.15) is 11.9 Å². The van der Waals surface area contributed by atoms with Crippen LogP contribution in [-0.2, 0) is 0 Å². The summed E-state index contributed by atoms with van der Waals surface area (Å²) in [7, 11) is 0. The van der Waals surface area contributed by atoms with E-state index in [0.717, 1.165) is 41.4 Å². The molecular weight excluding hydrogens is 444 g/mol. The van der Waals surface area contributed by atoms with Gasteiger partial charge in [-0.15, -0.1) is 0 Å². The van der Waals surface area contributed by atoms with Gasteiger partial charge in [-0.1, -0.05) is 0 Å². The molecule has 6 nitrogen and oxygen atoms in total. The number of fused-ring (bicyclic) bond motifs is 3. The second-order valence-corrected chi connectivity index (χ2v) is 10.4. The van der Waals surface area contributed by atoms with Crippen molar-refractivity contribution in [2.45, 2.75) is 82.0 Å². The third-order valence-electron chi connectivity index (χ3n) is 7.68. The number of rotatable bonds is 4. The van der Waals surface area contributed by atoms with Crippen LogP contribution in [-0.4, -0.2) is 45.3 Å². The molecule has 0 spiro atoms. The molecule has 7 heteroatoms. The first-order valence-electron chi connectivity index (χ1n) is 11.1. The van der Waals surface area contributed by atoms with Gasteiger partial charge in [-0.25, -0.2) is 4.98 Å². The van der Waals surface area contributed by atoms with E-state index in [-0.39, 0.29) is 5.54 Å². The molecule has 0 aromatic carbocycles. The van der Waals surface area contributed by atoms with Crippen molar-refractivity contribution >= 4 is 32.7 Å². The van der Waals surface area contributed by atoms with Crippen LogP contribution in [0.3, 0.4) is 0 Å². The van der Waals surface area contributed by atoms with Crippen LogP contribution in [0.4, 0.5) is 5.82 Å². The fourth-order valence-corrected chi connectivity index (χ4v) is 6.95. The molecular formula is C23H29BrN4O2. The van der Waals surface area contributed by atoms with Gasteiger partial charge in [0.15, 0.2) is 5.58 Å². The first kappa shape index (κ1) is 20.3. The number of aromatic nitrogens is 1. The minimum atomic E-state index is 0.274. The third kappa shape index (κ3) is 3.43. The van der Waals surface area contributed by atoms with Crippen molar-refractivity contribution in [2.24, 2.45) is 5.92 Å². The lowest BCUT2D eigenvalue weighted by molar-refractivity contribution is -0.0248. The molecule has 2 aliphatic heterocycles. The summed E-state index contributed by atoms with van der Waals surface area (Å²) >= 11 is 3.65. The lowest BCUT2D eigenvalue weighted by Gasteiger charge is -2.51. The molecule has 3 atom stereocenters. The summed E-state index contributed by atoms with van der Waals surface area (Å²) < 4.78 is 6.34. The number of pyridine rings is 1. The number of nitrogens with zero attached hydrogens (tertiary/aromatic N) is 3. The van der Waals surface area contributed by atoms with E-state index in [1.165, 1.54) is 25.7 Å². The number of halogens is 1.